The van der Waals surface area contributed by atoms with E-state index in [-0.39, 0.29) is 10.8 Å². The Bertz CT molecular complexity index is 374. The number of aromatic nitrogens is 2. The SMILES string of the molecule is CCCNC(CC)c1nnc(C2(C)CCCS2)o1. The monoisotopic (exact) mass is 269 g/mol. The maximum atomic E-state index is 5.92. The van der Waals surface area contributed by atoms with Crippen molar-refractivity contribution >= 4 is 11.8 Å². The van der Waals surface area contributed by atoms with E-state index in [1.807, 2.05) is 11.8 Å². The molecule has 1 aliphatic heterocycles. The van der Waals surface area contributed by atoms with Gasteiger partial charge < -0.3 is 9.73 Å². The van der Waals surface area contributed by atoms with E-state index < -0.39 is 0 Å². The van der Waals surface area contributed by atoms with Crippen LogP contribution in [0.15, 0.2) is 4.42 Å². The van der Waals surface area contributed by atoms with E-state index in [0.29, 0.717) is 0 Å². The second-order valence-electron chi connectivity index (χ2n) is 5.04. The summed E-state index contributed by atoms with van der Waals surface area (Å²) in [5.41, 5.74) is 0. The van der Waals surface area contributed by atoms with Crippen LogP contribution in [0, 0.1) is 0 Å². The van der Waals surface area contributed by atoms with Gasteiger partial charge in [0.05, 0.1) is 10.8 Å². The Morgan fingerprint density at radius 2 is 2.28 bits per heavy atom. The van der Waals surface area contributed by atoms with Gasteiger partial charge in [0.15, 0.2) is 0 Å². The fourth-order valence-corrected chi connectivity index (χ4v) is 3.50. The molecule has 1 saturated heterocycles. The Balaban J connectivity index is 2.08. The molecule has 4 nitrogen and oxygen atoms in total. The fraction of sp³-hybridized carbons (Fsp3) is 0.846. The summed E-state index contributed by atoms with van der Waals surface area (Å²) in [6.45, 7) is 7.50. The molecule has 18 heavy (non-hydrogen) atoms. The molecule has 5 heteroatoms. The maximum Gasteiger partial charge on any atom is 0.233 e. The highest BCUT2D eigenvalue weighted by Crippen LogP contribution is 2.45. The fourth-order valence-electron chi connectivity index (χ4n) is 2.26. The Labute approximate surface area is 113 Å². The average molecular weight is 269 g/mol. The predicted molar refractivity (Wildman–Crippen MR) is 74.7 cm³/mol. The van der Waals surface area contributed by atoms with Crippen molar-refractivity contribution in [2.75, 3.05) is 12.3 Å². The van der Waals surface area contributed by atoms with Gasteiger partial charge in [-0.1, -0.05) is 13.8 Å². The minimum absolute atomic E-state index is 0.0360. The summed E-state index contributed by atoms with van der Waals surface area (Å²) in [6.07, 6.45) is 4.47. The molecular weight excluding hydrogens is 246 g/mol. The van der Waals surface area contributed by atoms with Crippen molar-refractivity contribution in [3.63, 3.8) is 0 Å². The highest BCUT2D eigenvalue weighted by molar-refractivity contribution is 8.00. The van der Waals surface area contributed by atoms with E-state index in [1.54, 1.807) is 0 Å². The molecule has 0 aromatic carbocycles. The molecule has 0 aliphatic carbocycles. The van der Waals surface area contributed by atoms with Gasteiger partial charge >= 0.3 is 0 Å². The van der Waals surface area contributed by atoms with Crippen LogP contribution in [0.3, 0.4) is 0 Å². The van der Waals surface area contributed by atoms with Crippen molar-refractivity contribution in [3.8, 4) is 0 Å². The summed E-state index contributed by atoms with van der Waals surface area (Å²) < 4.78 is 5.95. The Hall–Kier alpha value is -0.550. The van der Waals surface area contributed by atoms with Crippen LogP contribution in [-0.4, -0.2) is 22.5 Å². The van der Waals surface area contributed by atoms with E-state index in [4.69, 9.17) is 4.42 Å². The summed E-state index contributed by atoms with van der Waals surface area (Å²) in [7, 11) is 0. The van der Waals surface area contributed by atoms with Crippen LogP contribution in [0.25, 0.3) is 0 Å². The Morgan fingerprint density at radius 3 is 2.89 bits per heavy atom. The first-order chi connectivity index (χ1) is 8.69. The standard InChI is InChI=1S/C13H23N3OS/c1-4-8-14-10(5-2)11-15-16-12(17-11)13(3)7-6-9-18-13/h10,14H,4-9H2,1-3H3. The number of nitrogens with zero attached hydrogens (tertiary/aromatic N) is 2. The van der Waals surface area contributed by atoms with Crippen molar-refractivity contribution in [2.45, 2.75) is 57.2 Å². The number of hydrogen-bond acceptors (Lipinski definition) is 5. The molecule has 1 aliphatic rings. The predicted octanol–water partition coefficient (Wildman–Crippen LogP) is 3.26. The van der Waals surface area contributed by atoms with Crippen LogP contribution in [-0.2, 0) is 4.75 Å². The van der Waals surface area contributed by atoms with E-state index in [2.05, 4.69) is 36.3 Å². The lowest BCUT2D eigenvalue weighted by Gasteiger charge is -2.17. The van der Waals surface area contributed by atoms with Crippen molar-refractivity contribution in [1.29, 1.82) is 0 Å². The summed E-state index contributed by atoms with van der Waals surface area (Å²) in [4.78, 5) is 0. The molecule has 2 rings (SSSR count). The van der Waals surface area contributed by atoms with Gasteiger partial charge in [0, 0.05) is 0 Å². The molecule has 0 saturated carbocycles. The normalized spacial score (nSPS) is 25.5. The van der Waals surface area contributed by atoms with Crippen molar-refractivity contribution in [2.24, 2.45) is 0 Å². The van der Waals surface area contributed by atoms with E-state index >= 15 is 0 Å². The number of hydrogen-bond donors (Lipinski definition) is 1. The van der Waals surface area contributed by atoms with Gasteiger partial charge in [0.1, 0.15) is 0 Å². The lowest BCUT2D eigenvalue weighted by Crippen LogP contribution is -2.21. The molecule has 2 heterocycles. The van der Waals surface area contributed by atoms with Crippen LogP contribution in [0.5, 0.6) is 0 Å². The van der Waals surface area contributed by atoms with Crippen LogP contribution in [0.1, 0.15) is 64.3 Å². The molecule has 102 valence electrons. The molecule has 1 N–H and O–H groups in total. The third-order valence-corrected chi connectivity index (χ3v) is 4.97. The zero-order chi connectivity index (χ0) is 13.0. The topological polar surface area (TPSA) is 51.0 Å². The van der Waals surface area contributed by atoms with Gasteiger partial charge in [-0.15, -0.1) is 22.0 Å². The van der Waals surface area contributed by atoms with Gasteiger partial charge in [0.2, 0.25) is 11.8 Å². The number of thioether (sulfide) groups is 1. The van der Waals surface area contributed by atoms with Gasteiger partial charge in [-0.2, -0.15) is 0 Å². The minimum atomic E-state index is 0.0360. The van der Waals surface area contributed by atoms with Crippen molar-refractivity contribution in [1.82, 2.24) is 15.5 Å². The van der Waals surface area contributed by atoms with Crippen LogP contribution < -0.4 is 5.32 Å². The van der Waals surface area contributed by atoms with Crippen LogP contribution in [0.2, 0.25) is 0 Å². The molecule has 2 unspecified atom stereocenters. The summed E-state index contributed by atoms with van der Waals surface area (Å²) >= 11 is 1.93. The second kappa shape index (κ2) is 6.06. The molecule has 1 fully saturated rings. The number of nitrogens with one attached hydrogen (secondary N) is 1. The van der Waals surface area contributed by atoms with Crippen LogP contribution >= 0.6 is 11.8 Å². The third kappa shape index (κ3) is 2.88. The largest absolute Gasteiger partial charge is 0.422 e. The first-order valence-corrected chi connectivity index (χ1v) is 7.89. The van der Waals surface area contributed by atoms with Gasteiger partial charge in [0.25, 0.3) is 0 Å². The highest BCUT2D eigenvalue weighted by Gasteiger charge is 2.37. The Morgan fingerprint density at radius 1 is 1.44 bits per heavy atom. The van der Waals surface area contributed by atoms with Crippen molar-refractivity contribution < 1.29 is 4.42 Å². The molecule has 1 aromatic heterocycles. The molecular formula is C13H23N3OS. The van der Waals surface area contributed by atoms with Gasteiger partial charge in [-0.05, 0) is 44.9 Å². The maximum absolute atomic E-state index is 5.92. The lowest BCUT2D eigenvalue weighted by atomic mass is 10.1. The molecule has 2 atom stereocenters. The first-order valence-electron chi connectivity index (χ1n) is 6.91. The molecule has 0 amide bonds. The zero-order valence-electron chi connectivity index (χ0n) is 11.5. The second-order valence-corrected chi connectivity index (χ2v) is 6.64. The molecule has 1 aromatic rings. The van der Waals surface area contributed by atoms with Gasteiger partial charge in [-0.3, -0.25) is 0 Å². The van der Waals surface area contributed by atoms with Crippen LogP contribution in [0.4, 0.5) is 0 Å². The summed E-state index contributed by atoms with van der Waals surface area (Å²) in [5, 5.41) is 12.0. The quantitative estimate of drug-likeness (QED) is 0.859. The highest BCUT2D eigenvalue weighted by atomic mass is 32.2. The van der Waals surface area contributed by atoms with Gasteiger partial charge in [-0.25, -0.2) is 0 Å². The third-order valence-electron chi connectivity index (χ3n) is 3.46. The summed E-state index contributed by atoms with van der Waals surface area (Å²) in [6, 6.07) is 0.196. The molecule has 0 bridgehead atoms. The average Bonchev–Trinajstić information content (AvgIpc) is 3.00. The molecule has 0 radical (unpaired) electrons. The Kier molecular flexibility index (Phi) is 4.67. The first kappa shape index (κ1) is 13.9. The summed E-state index contributed by atoms with van der Waals surface area (Å²) in [5.74, 6) is 2.74. The van der Waals surface area contributed by atoms with E-state index in [9.17, 15) is 0 Å². The minimum Gasteiger partial charge on any atom is -0.422 e. The van der Waals surface area contributed by atoms with E-state index in [0.717, 1.165) is 37.6 Å². The molecule has 0 spiro atoms. The van der Waals surface area contributed by atoms with Crippen molar-refractivity contribution in [3.05, 3.63) is 11.8 Å². The van der Waals surface area contributed by atoms with E-state index in [1.165, 1.54) is 12.2 Å². The number of rotatable bonds is 6. The zero-order valence-corrected chi connectivity index (χ0v) is 12.3. The smallest absolute Gasteiger partial charge is 0.233 e. The lowest BCUT2D eigenvalue weighted by molar-refractivity contribution is 0.351.